The molecule has 2 aromatic heterocycles. The molecule has 0 aliphatic carbocycles. The van der Waals surface area contributed by atoms with Gasteiger partial charge in [-0.1, -0.05) is 78.3 Å². The molecule has 0 aliphatic rings. The summed E-state index contributed by atoms with van der Waals surface area (Å²) in [7, 11) is 0. The monoisotopic (exact) mass is 835 g/mol. The Hall–Kier alpha value is -6.82. The highest BCUT2D eigenvalue weighted by atomic mass is 35.5. The molecule has 7 aromatic rings. The number of aromatic nitrogens is 3. The largest absolute Gasteiger partial charge is 0.488 e. The minimum absolute atomic E-state index is 0.0185. The molecule has 3 N–H and O–H groups in total. The standard InChI is InChI=1S/C49H46ClN5O6/c1-30-36(28-60-46-23-45(37(26-57)22-43(46)50)59-27-32-20-38(51)25-52-24-32)8-6-10-40(30)41-11-7-9-39(31(41)2)34-14-12-33(13-15-34)35-16-17-44-42(21-35)47(54-29-53-44)55(18-19-56)48(58)61-49(3,4)5/h6-17,20-26,29,56H,18-19,27-28,51H2,1-5H3. The number of fused-ring (bicyclic) bond motifs is 1. The van der Waals surface area contributed by atoms with Crippen LogP contribution in [0.2, 0.25) is 5.02 Å². The quantitative estimate of drug-likeness (QED) is 0.107. The first kappa shape index (κ1) is 42.3. The van der Waals surface area contributed by atoms with Crippen LogP contribution in [0.4, 0.5) is 16.3 Å². The molecule has 61 heavy (non-hydrogen) atoms. The van der Waals surface area contributed by atoms with Crippen LogP contribution in [-0.2, 0) is 18.0 Å². The van der Waals surface area contributed by atoms with Crippen molar-refractivity contribution in [3.8, 4) is 44.9 Å². The van der Waals surface area contributed by atoms with Crippen molar-refractivity contribution >= 4 is 46.4 Å². The molecule has 0 saturated carbocycles. The van der Waals surface area contributed by atoms with E-state index in [-0.39, 0.29) is 26.4 Å². The number of hydrogen-bond acceptors (Lipinski definition) is 10. The van der Waals surface area contributed by atoms with Gasteiger partial charge >= 0.3 is 6.09 Å². The first-order valence-electron chi connectivity index (χ1n) is 19.7. The molecule has 0 radical (unpaired) electrons. The van der Waals surface area contributed by atoms with E-state index in [1.54, 1.807) is 45.3 Å². The molecular weight excluding hydrogens is 790 g/mol. The number of nitrogen functional groups attached to an aromatic ring is 1. The number of amides is 1. The Morgan fingerprint density at radius 2 is 1.49 bits per heavy atom. The van der Waals surface area contributed by atoms with E-state index in [1.165, 1.54) is 17.3 Å². The molecule has 0 saturated heterocycles. The van der Waals surface area contributed by atoms with Gasteiger partial charge in [0.05, 0.1) is 34.9 Å². The van der Waals surface area contributed by atoms with Crippen LogP contribution < -0.4 is 20.1 Å². The van der Waals surface area contributed by atoms with Crippen molar-refractivity contribution in [2.24, 2.45) is 0 Å². The molecule has 5 aromatic carbocycles. The van der Waals surface area contributed by atoms with Crippen LogP contribution in [0, 0.1) is 13.8 Å². The number of benzene rings is 5. The summed E-state index contributed by atoms with van der Waals surface area (Å²) in [4.78, 5) is 39.4. The van der Waals surface area contributed by atoms with E-state index < -0.39 is 11.7 Å². The van der Waals surface area contributed by atoms with Crippen molar-refractivity contribution in [3.63, 3.8) is 0 Å². The van der Waals surface area contributed by atoms with Crippen molar-refractivity contribution in [2.45, 2.75) is 53.4 Å². The van der Waals surface area contributed by atoms with Crippen molar-refractivity contribution in [1.29, 1.82) is 0 Å². The van der Waals surface area contributed by atoms with Crippen molar-refractivity contribution in [3.05, 3.63) is 149 Å². The number of hydrogen-bond donors (Lipinski definition) is 2. The predicted octanol–water partition coefficient (Wildman–Crippen LogP) is 10.6. The number of aliphatic hydroxyl groups is 1. The van der Waals surface area contributed by atoms with E-state index in [9.17, 15) is 14.7 Å². The molecule has 0 spiro atoms. The lowest BCUT2D eigenvalue weighted by molar-refractivity contribution is 0.0572. The van der Waals surface area contributed by atoms with E-state index in [4.69, 9.17) is 31.5 Å². The van der Waals surface area contributed by atoms with Gasteiger partial charge < -0.3 is 25.1 Å². The molecule has 7 rings (SSSR count). The smallest absolute Gasteiger partial charge is 0.416 e. The summed E-state index contributed by atoms with van der Waals surface area (Å²) in [5.41, 5.74) is 16.8. The first-order valence-corrected chi connectivity index (χ1v) is 20.1. The van der Waals surface area contributed by atoms with Crippen LogP contribution in [0.25, 0.3) is 44.3 Å². The number of nitrogens with zero attached hydrogens (tertiary/aromatic N) is 4. The van der Waals surface area contributed by atoms with E-state index in [1.807, 2.05) is 30.3 Å². The molecule has 310 valence electrons. The average Bonchev–Trinajstić information content (AvgIpc) is 3.24. The van der Waals surface area contributed by atoms with Crippen LogP contribution >= 0.6 is 11.6 Å². The average molecular weight is 836 g/mol. The van der Waals surface area contributed by atoms with Gasteiger partial charge in [0.25, 0.3) is 0 Å². The van der Waals surface area contributed by atoms with E-state index in [0.717, 1.165) is 55.6 Å². The van der Waals surface area contributed by atoms with E-state index >= 15 is 0 Å². The Balaban J connectivity index is 1.11. The third-order valence-corrected chi connectivity index (χ3v) is 10.5. The summed E-state index contributed by atoms with van der Waals surface area (Å²) in [6.07, 6.45) is 4.71. The number of halogens is 1. The van der Waals surface area contributed by atoms with Crippen molar-refractivity contribution in [2.75, 3.05) is 23.8 Å². The highest BCUT2D eigenvalue weighted by molar-refractivity contribution is 6.32. The summed E-state index contributed by atoms with van der Waals surface area (Å²) in [5, 5.41) is 10.8. The summed E-state index contributed by atoms with van der Waals surface area (Å²) in [6.45, 7) is 9.75. The summed E-state index contributed by atoms with van der Waals surface area (Å²) >= 11 is 6.58. The summed E-state index contributed by atoms with van der Waals surface area (Å²) in [6, 6.07) is 31.6. The van der Waals surface area contributed by atoms with Crippen LogP contribution in [0.15, 0.2) is 116 Å². The van der Waals surface area contributed by atoms with Crippen LogP contribution in [0.1, 0.15) is 53.4 Å². The second kappa shape index (κ2) is 18.2. The fraction of sp³-hybridized carbons (Fsp3) is 0.204. The number of carbonyl (C=O) groups is 2. The van der Waals surface area contributed by atoms with Crippen molar-refractivity contribution in [1.82, 2.24) is 15.0 Å². The summed E-state index contributed by atoms with van der Waals surface area (Å²) < 4.78 is 17.9. The highest BCUT2D eigenvalue weighted by Crippen LogP contribution is 2.38. The van der Waals surface area contributed by atoms with Crippen molar-refractivity contribution < 1.29 is 28.9 Å². The number of rotatable bonds is 13. The minimum Gasteiger partial charge on any atom is -0.488 e. The molecule has 11 nitrogen and oxygen atoms in total. The van der Waals surface area contributed by atoms with Crippen LogP contribution in [0.5, 0.6) is 11.5 Å². The van der Waals surface area contributed by atoms with Gasteiger partial charge in [-0.2, -0.15) is 0 Å². The molecule has 2 heterocycles. The maximum absolute atomic E-state index is 13.2. The molecule has 12 heteroatoms. The minimum atomic E-state index is -0.723. The zero-order valence-corrected chi connectivity index (χ0v) is 35.4. The number of aliphatic hydroxyl groups excluding tert-OH is 1. The fourth-order valence-electron chi connectivity index (χ4n) is 7.13. The molecule has 0 atom stereocenters. The maximum Gasteiger partial charge on any atom is 0.416 e. The zero-order chi connectivity index (χ0) is 43.3. The fourth-order valence-corrected chi connectivity index (χ4v) is 7.36. The number of carbonyl (C=O) groups excluding carboxylic acids is 2. The zero-order valence-electron chi connectivity index (χ0n) is 34.6. The molecule has 0 fully saturated rings. The Labute approximate surface area is 359 Å². The number of aldehydes is 1. The lowest BCUT2D eigenvalue weighted by Crippen LogP contribution is -2.39. The Morgan fingerprint density at radius 1 is 0.803 bits per heavy atom. The lowest BCUT2D eigenvalue weighted by atomic mass is 9.89. The van der Waals surface area contributed by atoms with Gasteiger partial charge in [-0.05, 0) is 109 Å². The number of nitrogens with two attached hydrogens (primary N) is 1. The van der Waals surface area contributed by atoms with Crippen LogP contribution in [-0.4, -0.2) is 51.2 Å². The first-order chi connectivity index (χ1) is 29.3. The maximum atomic E-state index is 13.2. The third kappa shape index (κ3) is 9.64. The third-order valence-electron chi connectivity index (χ3n) is 10.2. The van der Waals surface area contributed by atoms with E-state index in [0.29, 0.717) is 50.8 Å². The second-order valence-corrected chi connectivity index (χ2v) is 16.0. The molecule has 1 amide bonds. The number of pyridine rings is 1. The summed E-state index contributed by atoms with van der Waals surface area (Å²) in [5.74, 6) is 1.09. The molecule has 0 bridgehead atoms. The SMILES string of the molecule is Cc1c(COc2cc(OCc3cncc(N)c3)c(C=O)cc2Cl)cccc1-c1cccc(-c2ccc(-c3ccc4ncnc(N(CCO)C(=O)OC(C)(C)C)c4c3)cc2)c1C. The number of ether oxygens (including phenoxy) is 3. The Morgan fingerprint density at radius 3 is 2.21 bits per heavy atom. The Kier molecular flexibility index (Phi) is 12.6. The van der Waals surface area contributed by atoms with Crippen LogP contribution in [0.3, 0.4) is 0 Å². The van der Waals surface area contributed by atoms with Gasteiger partial charge in [-0.15, -0.1) is 0 Å². The van der Waals surface area contributed by atoms with E-state index in [2.05, 4.69) is 77.3 Å². The Bertz CT molecular complexity index is 2730. The van der Waals surface area contributed by atoms with Gasteiger partial charge in [0.2, 0.25) is 0 Å². The molecular formula is C49H46ClN5O6. The number of anilines is 2. The second-order valence-electron chi connectivity index (χ2n) is 15.6. The normalized spacial score (nSPS) is 11.3. The predicted molar refractivity (Wildman–Crippen MR) is 240 cm³/mol. The van der Waals surface area contributed by atoms with Gasteiger partial charge in [-0.25, -0.2) is 14.8 Å². The molecule has 0 unspecified atom stereocenters. The highest BCUT2D eigenvalue weighted by Gasteiger charge is 2.26. The van der Waals surface area contributed by atoms with Gasteiger partial charge in [-0.3, -0.25) is 14.7 Å². The van der Waals surface area contributed by atoms with Gasteiger partial charge in [0.15, 0.2) is 6.29 Å². The van der Waals surface area contributed by atoms with Gasteiger partial charge in [0.1, 0.15) is 42.5 Å². The lowest BCUT2D eigenvalue weighted by Gasteiger charge is -2.27. The topological polar surface area (TPSA) is 150 Å². The molecule has 0 aliphatic heterocycles. The van der Waals surface area contributed by atoms with Gasteiger partial charge in [0, 0.05) is 29.4 Å².